The van der Waals surface area contributed by atoms with E-state index in [4.69, 9.17) is 5.11 Å². The molecule has 0 saturated carbocycles. The van der Waals surface area contributed by atoms with E-state index in [1.54, 1.807) is 36.9 Å². The van der Waals surface area contributed by atoms with Crippen molar-refractivity contribution in [1.82, 2.24) is 30.4 Å². The number of nitrogens with zero attached hydrogens (tertiary/aromatic N) is 6. The number of aromatic carboxylic acids is 1. The molecule has 2 aromatic heterocycles. The highest BCUT2D eigenvalue weighted by atomic mass is 32.1. The van der Waals surface area contributed by atoms with Gasteiger partial charge in [-0.2, -0.15) is 0 Å². The van der Waals surface area contributed by atoms with Gasteiger partial charge in [-0.25, -0.2) is 33.5 Å². The van der Waals surface area contributed by atoms with Crippen LogP contribution in [-0.4, -0.2) is 55.3 Å². The zero-order chi connectivity index (χ0) is 39.7. The number of hydrogen-bond acceptors (Lipinski definition) is 11. The third kappa shape index (κ3) is 10.2. The first kappa shape index (κ1) is 38.6. The van der Waals surface area contributed by atoms with Crippen molar-refractivity contribution >= 4 is 63.1 Å². The third-order valence-corrected chi connectivity index (χ3v) is 10.7. The van der Waals surface area contributed by atoms with Gasteiger partial charge >= 0.3 is 5.97 Å². The lowest BCUT2D eigenvalue weighted by Crippen LogP contribution is -2.24. The van der Waals surface area contributed by atoms with Crippen LogP contribution in [0.4, 0.5) is 18.8 Å². The molecule has 57 heavy (non-hydrogen) atoms. The van der Waals surface area contributed by atoms with E-state index in [-0.39, 0.29) is 17.4 Å². The minimum atomic E-state index is -0.943. The second-order valence-electron chi connectivity index (χ2n) is 12.9. The summed E-state index contributed by atoms with van der Waals surface area (Å²) in [5, 5.41) is 16.9. The molecule has 2 aliphatic heterocycles. The highest BCUT2D eigenvalue weighted by Crippen LogP contribution is 2.33. The summed E-state index contributed by atoms with van der Waals surface area (Å²) in [5.41, 5.74) is 5.36. The van der Waals surface area contributed by atoms with Gasteiger partial charge in [0, 0.05) is 26.2 Å². The molecule has 2 aliphatic rings. The van der Waals surface area contributed by atoms with Crippen LogP contribution in [0.5, 0.6) is 0 Å². The highest BCUT2D eigenvalue weighted by Gasteiger charge is 2.22. The molecule has 0 bridgehead atoms. The topological polar surface area (TPSA) is 152 Å². The van der Waals surface area contributed by atoms with Crippen molar-refractivity contribution in [2.45, 2.75) is 39.3 Å². The van der Waals surface area contributed by atoms with Gasteiger partial charge in [-0.15, -0.1) is 0 Å². The minimum Gasteiger partial charge on any atom is -0.478 e. The molecule has 3 N–H and O–H groups in total. The van der Waals surface area contributed by atoms with Crippen molar-refractivity contribution in [2.75, 3.05) is 0 Å². The Labute approximate surface area is 333 Å². The molecule has 0 atom stereocenters. The first-order chi connectivity index (χ1) is 27.7. The number of rotatable bonds is 11. The van der Waals surface area contributed by atoms with E-state index >= 15 is 0 Å². The van der Waals surface area contributed by atoms with E-state index in [2.05, 4.69) is 30.6 Å². The van der Waals surface area contributed by atoms with Gasteiger partial charge in [0.1, 0.15) is 10.0 Å². The number of fused-ring (bicyclic) bond motifs is 2. The van der Waals surface area contributed by atoms with E-state index in [1.807, 2.05) is 70.5 Å². The van der Waals surface area contributed by atoms with Crippen molar-refractivity contribution < 1.29 is 28.3 Å². The standard InChI is InChI=1S/C21H18N4O3S.C20H16F2N4OS/c26-18(22-10-14-4-2-1-3-5-14)20-24-17-12-25(13-23-19(17)29-20)11-15-6-8-16(9-7-15)21(27)28;21-15-7-6-14(8-16(15)22)10-26-11-17-19(24-12-26)28-20(25-17)18(27)23-9-13-4-2-1-3-5-13/h1-9,13H,10-12H2,(H,22,26)(H,27,28);1-8,12H,9-11H2,(H,23,27). The Morgan fingerprint density at radius 3 is 1.56 bits per heavy atom. The lowest BCUT2D eigenvalue weighted by Gasteiger charge is -2.21. The smallest absolute Gasteiger partial charge is 0.335 e. The van der Waals surface area contributed by atoms with Crippen molar-refractivity contribution in [3.63, 3.8) is 0 Å². The quantitative estimate of drug-likeness (QED) is 0.122. The normalized spacial score (nSPS) is 12.6. The van der Waals surface area contributed by atoms with Gasteiger partial charge in [-0.3, -0.25) is 9.59 Å². The number of carbonyl (C=O) groups excluding carboxylic acids is 2. The zero-order valence-electron chi connectivity index (χ0n) is 30.1. The average Bonchev–Trinajstić information content (AvgIpc) is 3.86. The molecule has 0 spiro atoms. The van der Waals surface area contributed by atoms with Gasteiger partial charge in [0.25, 0.3) is 11.8 Å². The van der Waals surface area contributed by atoms with Crippen LogP contribution in [0.2, 0.25) is 0 Å². The van der Waals surface area contributed by atoms with Gasteiger partial charge in [0.15, 0.2) is 21.6 Å². The predicted molar refractivity (Wildman–Crippen MR) is 214 cm³/mol. The number of carboxylic acids is 1. The number of halogens is 2. The molecule has 2 amide bonds. The minimum absolute atomic E-state index is 0.209. The monoisotopic (exact) mass is 804 g/mol. The van der Waals surface area contributed by atoms with Crippen LogP contribution in [0.15, 0.2) is 113 Å². The van der Waals surface area contributed by atoms with Crippen molar-refractivity contribution in [1.29, 1.82) is 0 Å². The summed E-state index contributed by atoms with van der Waals surface area (Å²) < 4.78 is 26.4. The summed E-state index contributed by atoms with van der Waals surface area (Å²) in [6, 6.07) is 29.9. The van der Waals surface area contributed by atoms with Crippen LogP contribution < -0.4 is 10.6 Å². The second-order valence-corrected chi connectivity index (χ2v) is 14.9. The predicted octanol–water partition coefficient (Wildman–Crippen LogP) is 7.47. The molecule has 4 heterocycles. The Balaban J connectivity index is 0.000000174. The molecule has 12 nitrogen and oxygen atoms in total. The van der Waals surface area contributed by atoms with E-state index in [1.165, 1.54) is 34.8 Å². The number of carboxylic acid groups (broad SMARTS) is 1. The Morgan fingerprint density at radius 1 is 0.614 bits per heavy atom. The molecule has 8 rings (SSSR count). The zero-order valence-corrected chi connectivity index (χ0v) is 31.8. The number of amides is 2. The number of nitrogens with one attached hydrogen (secondary N) is 2. The van der Waals surface area contributed by atoms with Gasteiger partial charge < -0.3 is 25.5 Å². The molecule has 0 unspecified atom stereocenters. The fourth-order valence-electron chi connectivity index (χ4n) is 5.78. The number of thiazole rings is 2. The summed E-state index contributed by atoms with van der Waals surface area (Å²) in [7, 11) is 0. The Bertz CT molecular complexity index is 2440. The van der Waals surface area contributed by atoms with Gasteiger partial charge in [0.05, 0.1) is 42.7 Å². The second kappa shape index (κ2) is 17.9. The summed E-state index contributed by atoms with van der Waals surface area (Å²) in [5.74, 6) is -3.15. The van der Waals surface area contributed by atoms with Crippen molar-refractivity contribution in [3.05, 3.63) is 164 Å². The van der Waals surface area contributed by atoms with E-state index in [0.717, 1.165) is 33.5 Å². The van der Waals surface area contributed by atoms with Crippen molar-refractivity contribution in [2.24, 2.45) is 9.98 Å². The first-order valence-electron chi connectivity index (χ1n) is 17.6. The fourth-order valence-corrected chi connectivity index (χ4v) is 7.45. The summed E-state index contributed by atoms with van der Waals surface area (Å²) in [6.07, 6.45) is 3.37. The van der Waals surface area contributed by atoms with Gasteiger partial charge in [0.2, 0.25) is 0 Å². The van der Waals surface area contributed by atoms with E-state index in [9.17, 15) is 23.2 Å². The molecule has 0 radical (unpaired) electrons. The number of aliphatic imine (C=N–C) groups is 2. The van der Waals surface area contributed by atoms with Crippen LogP contribution in [-0.2, 0) is 39.3 Å². The van der Waals surface area contributed by atoms with Crippen LogP contribution in [0.3, 0.4) is 0 Å². The highest BCUT2D eigenvalue weighted by molar-refractivity contribution is 7.17. The fraction of sp³-hybridized carbons (Fsp3) is 0.146. The molecule has 0 saturated heterocycles. The van der Waals surface area contributed by atoms with Crippen LogP contribution in [0.1, 0.15) is 63.6 Å². The molecule has 0 fully saturated rings. The molecular formula is C41H34F2N8O4S2. The van der Waals surface area contributed by atoms with Crippen LogP contribution in [0, 0.1) is 11.6 Å². The lowest BCUT2D eigenvalue weighted by atomic mass is 10.1. The number of carbonyl (C=O) groups is 3. The van der Waals surface area contributed by atoms with Crippen LogP contribution >= 0.6 is 22.7 Å². The Morgan fingerprint density at radius 2 is 1.09 bits per heavy atom. The van der Waals surface area contributed by atoms with Crippen LogP contribution in [0.25, 0.3) is 0 Å². The largest absolute Gasteiger partial charge is 0.478 e. The molecule has 6 aromatic rings. The Hall–Kier alpha value is -6.65. The number of aromatic nitrogens is 2. The maximum atomic E-state index is 13.4. The molecule has 288 valence electrons. The number of benzene rings is 4. The summed E-state index contributed by atoms with van der Waals surface area (Å²) in [6.45, 7) is 2.81. The molecule has 0 aliphatic carbocycles. The molecule has 16 heteroatoms. The first-order valence-corrected chi connectivity index (χ1v) is 19.3. The third-order valence-electron chi connectivity index (χ3n) is 8.67. The SMILES string of the molecule is O=C(NCc1ccccc1)c1nc2c(s1)N=CN(Cc1ccc(F)c(F)c1)C2.O=C(O)c1ccc(CN2C=Nc3sc(C(=O)NCc4ccccc4)nc3C2)cc1. The average molecular weight is 805 g/mol. The molecule has 4 aromatic carbocycles. The maximum Gasteiger partial charge on any atom is 0.335 e. The van der Waals surface area contributed by atoms with Crippen molar-refractivity contribution in [3.8, 4) is 0 Å². The van der Waals surface area contributed by atoms with E-state index in [0.29, 0.717) is 65.5 Å². The van der Waals surface area contributed by atoms with Gasteiger partial charge in [-0.05, 0) is 46.5 Å². The molecular weight excluding hydrogens is 771 g/mol. The Kier molecular flexibility index (Phi) is 12.1. The van der Waals surface area contributed by atoms with E-state index < -0.39 is 17.6 Å². The summed E-state index contributed by atoms with van der Waals surface area (Å²) >= 11 is 2.51. The van der Waals surface area contributed by atoms with Gasteiger partial charge in [-0.1, -0.05) is 102 Å². The number of hydrogen-bond donors (Lipinski definition) is 3. The lowest BCUT2D eigenvalue weighted by molar-refractivity contribution is 0.0696. The summed E-state index contributed by atoms with van der Waals surface area (Å²) in [4.78, 5) is 57.2. The maximum absolute atomic E-state index is 13.4.